The van der Waals surface area contributed by atoms with Crippen LogP contribution in [0.15, 0.2) is 17.8 Å². The molecule has 0 aliphatic heterocycles. The molecule has 86 valence electrons. The summed E-state index contributed by atoms with van der Waals surface area (Å²) in [5, 5.41) is 10.4. The van der Waals surface area contributed by atoms with E-state index < -0.39 is 0 Å². The van der Waals surface area contributed by atoms with E-state index in [2.05, 4.69) is 47.0 Å². The second-order valence-corrected chi connectivity index (χ2v) is 5.25. The lowest BCUT2D eigenvalue weighted by Gasteiger charge is -2.08. The average molecular weight is 235 g/mol. The maximum atomic E-state index is 4.24. The van der Waals surface area contributed by atoms with Crippen LogP contribution in [-0.4, -0.2) is 14.8 Å². The molecule has 0 unspecified atom stereocenters. The molecule has 0 N–H and O–H groups in total. The van der Waals surface area contributed by atoms with Gasteiger partial charge in [-0.3, -0.25) is 0 Å². The van der Waals surface area contributed by atoms with Crippen molar-refractivity contribution in [2.75, 3.05) is 0 Å². The lowest BCUT2D eigenvalue weighted by atomic mass is 10.2. The molecule has 0 aromatic carbocycles. The fourth-order valence-electron chi connectivity index (χ4n) is 1.77. The predicted octanol–water partition coefficient (Wildman–Crippen LogP) is 3.23. The third-order valence-electron chi connectivity index (χ3n) is 2.51. The van der Waals surface area contributed by atoms with Gasteiger partial charge in [-0.1, -0.05) is 20.8 Å². The Labute approximate surface area is 100 Å². The molecule has 0 bridgehead atoms. The molecule has 4 heteroatoms. The zero-order valence-corrected chi connectivity index (χ0v) is 10.8. The highest BCUT2D eigenvalue weighted by Crippen LogP contribution is 2.28. The van der Waals surface area contributed by atoms with E-state index in [0.29, 0.717) is 5.92 Å². The van der Waals surface area contributed by atoms with E-state index in [0.717, 1.165) is 18.8 Å². The van der Waals surface area contributed by atoms with E-state index >= 15 is 0 Å². The van der Waals surface area contributed by atoms with Crippen molar-refractivity contribution < 1.29 is 0 Å². The Hall–Kier alpha value is -1.16. The molecule has 2 aromatic heterocycles. The molecule has 0 saturated heterocycles. The van der Waals surface area contributed by atoms with Crippen molar-refractivity contribution in [3.63, 3.8) is 0 Å². The van der Waals surface area contributed by atoms with Gasteiger partial charge in [-0.15, -0.1) is 21.5 Å². The van der Waals surface area contributed by atoms with Gasteiger partial charge in [0.2, 0.25) is 0 Å². The number of hydrogen-bond acceptors (Lipinski definition) is 3. The Morgan fingerprint density at radius 1 is 1.44 bits per heavy atom. The Morgan fingerprint density at radius 2 is 2.25 bits per heavy atom. The van der Waals surface area contributed by atoms with Gasteiger partial charge in [-0.2, -0.15) is 0 Å². The number of nitrogens with zero attached hydrogens (tertiary/aromatic N) is 3. The largest absolute Gasteiger partial charge is 0.313 e. The van der Waals surface area contributed by atoms with Crippen LogP contribution < -0.4 is 0 Å². The summed E-state index contributed by atoms with van der Waals surface area (Å²) in [7, 11) is 0. The van der Waals surface area contributed by atoms with Crippen LogP contribution in [0, 0.1) is 5.92 Å². The first kappa shape index (κ1) is 11.3. The van der Waals surface area contributed by atoms with E-state index in [1.807, 2.05) is 6.33 Å². The third-order valence-corrected chi connectivity index (χ3v) is 3.46. The van der Waals surface area contributed by atoms with E-state index in [-0.39, 0.29) is 0 Å². The molecule has 0 saturated carbocycles. The van der Waals surface area contributed by atoms with Gasteiger partial charge < -0.3 is 4.57 Å². The molecule has 2 rings (SSSR count). The first-order chi connectivity index (χ1) is 7.72. The van der Waals surface area contributed by atoms with Crippen LogP contribution in [0.2, 0.25) is 0 Å². The minimum absolute atomic E-state index is 0.611. The summed E-state index contributed by atoms with van der Waals surface area (Å²) < 4.78 is 2.15. The molecule has 3 nitrogen and oxygen atoms in total. The summed E-state index contributed by atoms with van der Waals surface area (Å²) in [6.07, 6.45) is 2.88. The Kier molecular flexibility index (Phi) is 3.39. The minimum Gasteiger partial charge on any atom is -0.313 e. The van der Waals surface area contributed by atoms with Gasteiger partial charge in [-0.05, 0) is 29.3 Å². The van der Waals surface area contributed by atoms with Crippen LogP contribution in [0.4, 0.5) is 0 Å². The first-order valence-corrected chi connectivity index (χ1v) is 6.54. The summed E-state index contributed by atoms with van der Waals surface area (Å²) >= 11 is 1.75. The van der Waals surface area contributed by atoms with Gasteiger partial charge in [0.05, 0.1) is 4.88 Å². The van der Waals surface area contributed by atoms with Gasteiger partial charge in [0, 0.05) is 6.54 Å². The maximum absolute atomic E-state index is 4.24. The highest BCUT2D eigenvalue weighted by atomic mass is 32.1. The summed E-state index contributed by atoms with van der Waals surface area (Å²) in [6, 6.07) is 2.17. The van der Waals surface area contributed by atoms with Crippen molar-refractivity contribution in [2.45, 2.75) is 33.7 Å². The number of aromatic nitrogens is 3. The molecule has 0 atom stereocenters. The van der Waals surface area contributed by atoms with Gasteiger partial charge in [0.1, 0.15) is 6.33 Å². The molecular weight excluding hydrogens is 218 g/mol. The van der Waals surface area contributed by atoms with Crippen LogP contribution in [0.25, 0.3) is 10.7 Å². The smallest absolute Gasteiger partial charge is 0.174 e. The highest BCUT2D eigenvalue weighted by Gasteiger charge is 2.12. The molecule has 0 amide bonds. The van der Waals surface area contributed by atoms with Crippen molar-refractivity contribution in [1.82, 2.24) is 14.8 Å². The first-order valence-electron chi connectivity index (χ1n) is 5.67. The highest BCUT2D eigenvalue weighted by molar-refractivity contribution is 7.13. The Bertz CT molecular complexity index is 456. The van der Waals surface area contributed by atoms with Gasteiger partial charge >= 0.3 is 0 Å². The second kappa shape index (κ2) is 4.78. The van der Waals surface area contributed by atoms with Crippen molar-refractivity contribution in [2.24, 2.45) is 5.92 Å². The standard InChI is InChI=1S/C12H17N3S/c1-4-10-5-6-16-11(10)12-14-13-8-15(12)7-9(2)3/h5-6,8-9H,4,7H2,1-3H3. The van der Waals surface area contributed by atoms with E-state index in [1.54, 1.807) is 11.3 Å². The quantitative estimate of drug-likeness (QED) is 0.814. The van der Waals surface area contributed by atoms with Crippen molar-refractivity contribution in [1.29, 1.82) is 0 Å². The van der Waals surface area contributed by atoms with Gasteiger partial charge in [-0.25, -0.2) is 0 Å². The minimum atomic E-state index is 0.611. The molecule has 0 radical (unpaired) electrons. The molecule has 0 aliphatic rings. The Morgan fingerprint density at radius 3 is 2.94 bits per heavy atom. The van der Waals surface area contributed by atoms with Crippen LogP contribution in [-0.2, 0) is 13.0 Å². The van der Waals surface area contributed by atoms with Gasteiger partial charge in [0.15, 0.2) is 5.82 Å². The zero-order chi connectivity index (χ0) is 11.5. The number of rotatable bonds is 4. The lowest BCUT2D eigenvalue weighted by Crippen LogP contribution is -2.05. The van der Waals surface area contributed by atoms with Gasteiger partial charge in [0.25, 0.3) is 0 Å². The van der Waals surface area contributed by atoms with Crippen LogP contribution in [0.5, 0.6) is 0 Å². The average Bonchev–Trinajstić information content (AvgIpc) is 2.83. The van der Waals surface area contributed by atoms with Crippen molar-refractivity contribution >= 4 is 11.3 Å². The van der Waals surface area contributed by atoms with Crippen LogP contribution in [0.3, 0.4) is 0 Å². The lowest BCUT2D eigenvalue weighted by molar-refractivity contribution is 0.525. The third kappa shape index (κ3) is 2.16. The SMILES string of the molecule is CCc1ccsc1-c1nncn1CC(C)C. The summed E-state index contributed by atoms with van der Waals surface area (Å²) in [5.41, 5.74) is 1.36. The van der Waals surface area contributed by atoms with Crippen molar-refractivity contribution in [3.8, 4) is 10.7 Å². The van der Waals surface area contributed by atoms with Crippen molar-refractivity contribution in [3.05, 3.63) is 23.3 Å². The Balaban J connectivity index is 2.37. The molecule has 0 spiro atoms. The maximum Gasteiger partial charge on any atom is 0.174 e. The van der Waals surface area contributed by atoms with Crippen LogP contribution in [0.1, 0.15) is 26.3 Å². The van der Waals surface area contributed by atoms with E-state index in [1.165, 1.54) is 10.4 Å². The summed E-state index contributed by atoms with van der Waals surface area (Å²) in [4.78, 5) is 1.26. The number of hydrogen-bond donors (Lipinski definition) is 0. The van der Waals surface area contributed by atoms with Crippen LogP contribution >= 0.6 is 11.3 Å². The normalized spacial score (nSPS) is 11.2. The summed E-state index contributed by atoms with van der Waals surface area (Å²) in [5.74, 6) is 1.63. The fraction of sp³-hybridized carbons (Fsp3) is 0.500. The predicted molar refractivity (Wildman–Crippen MR) is 67.6 cm³/mol. The number of aryl methyl sites for hydroxylation is 1. The number of thiophene rings is 1. The second-order valence-electron chi connectivity index (χ2n) is 4.33. The topological polar surface area (TPSA) is 30.7 Å². The monoisotopic (exact) mass is 235 g/mol. The molecule has 16 heavy (non-hydrogen) atoms. The zero-order valence-electron chi connectivity index (χ0n) is 9.97. The fourth-order valence-corrected chi connectivity index (χ4v) is 2.76. The summed E-state index contributed by atoms with van der Waals surface area (Å²) in [6.45, 7) is 7.57. The molecule has 0 fully saturated rings. The molecule has 2 heterocycles. The van der Waals surface area contributed by atoms with E-state index in [9.17, 15) is 0 Å². The molecule has 2 aromatic rings. The van der Waals surface area contributed by atoms with E-state index in [4.69, 9.17) is 0 Å². The molecule has 0 aliphatic carbocycles. The molecular formula is C12H17N3S.